The Bertz CT molecular complexity index is 1230. The smallest absolute Gasteiger partial charge is 0.256 e. The van der Waals surface area contributed by atoms with E-state index in [9.17, 15) is 23.1 Å². The Labute approximate surface area is 195 Å². The van der Waals surface area contributed by atoms with Gasteiger partial charge in [0.15, 0.2) is 11.6 Å². The molecule has 4 rings (SSSR count). The summed E-state index contributed by atoms with van der Waals surface area (Å²) in [5.41, 5.74) is -0.522. The first-order valence-corrected chi connectivity index (χ1v) is 10.6. The number of hydrogen-bond acceptors (Lipinski definition) is 5. The molecule has 1 heterocycles. The number of benzene rings is 3. The summed E-state index contributed by atoms with van der Waals surface area (Å²) < 4.78 is 48.0. The van der Waals surface area contributed by atoms with E-state index in [1.54, 1.807) is 38.3 Å². The minimum Gasteiger partial charge on any atom is -0.497 e. The van der Waals surface area contributed by atoms with Gasteiger partial charge in [-0.3, -0.25) is 4.79 Å². The van der Waals surface area contributed by atoms with Gasteiger partial charge in [0, 0.05) is 18.3 Å². The highest BCUT2D eigenvalue weighted by atomic mass is 19.2. The fourth-order valence-electron chi connectivity index (χ4n) is 3.80. The van der Waals surface area contributed by atoms with Crippen LogP contribution in [-0.4, -0.2) is 48.3 Å². The van der Waals surface area contributed by atoms with Crippen LogP contribution < -0.4 is 15.4 Å². The molecule has 1 amide bonds. The van der Waals surface area contributed by atoms with Gasteiger partial charge in [0.1, 0.15) is 17.2 Å². The van der Waals surface area contributed by atoms with Crippen molar-refractivity contribution in [1.82, 2.24) is 4.90 Å². The number of β-amino-alcohol motifs (C(OH)–C–C–N with tert-alkyl or cyclic N) is 1. The first kappa shape index (κ1) is 23.4. The molecule has 3 aromatic carbocycles. The molecule has 0 spiro atoms. The number of aryl methyl sites for hydroxylation is 1. The van der Waals surface area contributed by atoms with Crippen molar-refractivity contribution in [2.45, 2.75) is 12.5 Å². The number of methoxy groups -OCH3 is 1. The van der Waals surface area contributed by atoms with Gasteiger partial charge in [0.05, 0.1) is 37.1 Å². The molecule has 9 heteroatoms. The predicted molar refractivity (Wildman–Crippen MR) is 123 cm³/mol. The topological polar surface area (TPSA) is 73.8 Å². The zero-order valence-electron chi connectivity index (χ0n) is 18.7. The van der Waals surface area contributed by atoms with E-state index in [2.05, 4.69) is 10.6 Å². The van der Waals surface area contributed by atoms with Crippen LogP contribution in [0.1, 0.15) is 15.9 Å². The van der Waals surface area contributed by atoms with Crippen molar-refractivity contribution in [1.29, 1.82) is 0 Å². The number of anilines is 3. The average molecular weight is 471 g/mol. The molecule has 1 aliphatic heterocycles. The van der Waals surface area contributed by atoms with Gasteiger partial charge in [-0.1, -0.05) is 12.1 Å². The third kappa shape index (κ3) is 4.79. The van der Waals surface area contributed by atoms with Crippen molar-refractivity contribution in [3.63, 3.8) is 0 Å². The SMILES string of the molecule is COc1cccc(NCC2(O)CN(C(=O)c3ccc(F)c(F)c3Nc3ccc(C)cc3F)C2)c1. The van der Waals surface area contributed by atoms with Gasteiger partial charge in [0.25, 0.3) is 5.91 Å². The van der Waals surface area contributed by atoms with E-state index in [1.807, 2.05) is 6.07 Å². The molecule has 34 heavy (non-hydrogen) atoms. The zero-order chi connectivity index (χ0) is 24.5. The lowest BCUT2D eigenvalue weighted by molar-refractivity contribution is -0.0706. The summed E-state index contributed by atoms with van der Waals surface area (Å²) in [7, 11) is 1.55. The number of carbonyl (C=O) groups excluding carboxylic acids is 1. The monoisotopic (exact) mass is 471 g/mol. The minimum absolute atomic E-state index is 0.0138. The molecule has 0 saturated carbocycles. The number of nitrogens with zero attached hydrogens (tertiary/aromatic N) is 1. The third-order valence-corrected chi connectivity index (χ3v) is 5.66. The van der Waals surface area contributed by atoms with Crippen molar-refractivity contribution in [2.75, 3.05) is 37.4 Å². The molecule has 0 bridgehead atoms. The van der Waals surface area contributed by atoms with Crippen molar-refractivity contribution in [3.8, 4) is 5.75 Å². The van der Waals surface area contributed by atoms with E-state index in [0.29, 0.717) is 11.3 Å². The lowest BCUT2D eigenvalue weighted by Crippen LogP contribution is -2.66. The van der Waals surface area contributed by atoms with Crippen LogP contribution in [0.25, 0.3) is 0 Å². The van der Waals surface area contributed by atoms with Crippen LogP contribution in [-0.2, 0) is 0 Å². The normalized spacial score (nSPS) is 14.4. The number of likely N-dealkylation sites (tertiary alicyclic amines) is 1. The Morgan fingerprint density at radius 2 is 1.85 bits per heavy atom. The molecular weight excluding hydrogens is 447 g/mol. The fourth-order valence-corrected chi connectivity index (χ4v) is 3.80. The molecule has 1 aliphatic rings. The first-order valence-electron chi connectivity index (χ1n) is 10.6. The largest absolute Gasteiger partial charge is 0.497 e. The Morgan fingerprint density at radius 3 is 2.56 bits per heavy atom. The molecule has 3 aromatic rings. The Hall–Kier alpha value is -3.72. The van der Waals surface area contributed by atoms with Crippen molar-refractivity contribution in [3.05, 3.63) is 83.2 Å². The molecule has 0 aliphatic carbocycles. The summed E-state index contributed by atoms with van der Waals surface area (Å²) in [5, 5.41) is 16.4. The summed E-state index contributed by atoms with van der Waals surface area (Å²) in [5.74, 6) is -3.08. The average Bonchev–Trinajstić information content (AvgIpc) is 2.80. The summed E-state index contributed by atoms with van der Waals surface area (Å²) in [6.45, 7) is 1.83. The van der Waals surface area contributed by atoms with E-state index in [-0.39, 0.29) is 30.9 Å². The highest BCUT2D eigenvalue weighted by molar-refractivity contribution is 6.01. The molecule has 0 radical (unpaired) electrons. The fraction of sp³-hybridized carbons (Fsp3) is 0.240. The number of carbonyl (C=O) groups is 1. The molecule has 0 aromatic heterocycles. The van der Waals surface area contributed by atoms with Crippen LogP contribution in [0, 0.1) is 24.4 Å². The zero-order valence-corrected chi connectivity index (χ0v) is 18.7. The number of amides is 1. The maximum absolute atomic E-state index is 14.6. The highest BCUT2D eigenvalue weighted by Crippen LogP contribution is 2.32. The van der Waals surface area contributed by atoms with E-state index in [4.69, 9.17) is 4.74 Å². The van der Waals surface area contributed by atoms with Crippen LogP contribution >= 0.6 is 0 Å². The molecule has 0 atom stereocenters. The summed E-state index contributed by atoms with van der Waals surface area (Å²) in [6, 6.07) is 13.4. The lowest BCUT2D eigenvalue weighted by atomic mass is 9.92. The Balaban J connectivity index is 1.47. The van der Waals surface area contributed by atoms with Gasteiger partial charge < -0.3 is 25.4 Å². The second-order valence-electron chi connectivity index (χ2n) is 8.36. The second kappa shape index (κ2) is 9.26. The highest BCUT2D eigenvalue weighted by Gasteiger charge is 2.44. The van der Waals surface area contributed by atoms with Gasteiger partial charge in [-0.25, -0.2) is 13.2 Å². The van der Waals surface area contributed by atoms with E-state index >= 15 is 0 Å². The molecular formula is C25H24F3N3O3. The number of rotatable bonds is 7. The maximum atomic E-state index is 14.6. The van der Waals surface area contributed by atoms with Crippen molar-refractivity contribution < 1.29 is 27.8 Å². The number of ether oxygens (including phenoxy) is 1. The van der Waals surface area contributed by atoms with Crippen LogP contribution in [0.15, 0.2) is 54.6 Å². The van der Waals surface area contributed by atoms with Gasteiger partial charge >= 0.3 is 0 Å². The first-order chi connectivity index (χ1) is 16.2. The van der Waals surface area contributed by atoms with Crippen LogP contribution in [0.5, 0.6) is 5.75 Å². The number of halogens is 3. The molecule has 1 saturated heterocycles. The molecule has 6 nitrogen and oxygen atoms in total. The Morgan fingerprint density at radius 1 is 1.09 bits per heavy atom. The third-order valence-electron chi connectivity index (χ3n) is 5.66. The summed E-state index contributed by atoms with van der Waals surface area (Å²) in [6.07, 6.45) is 0. The van der Waals surface area contributed by atoms with Crippen LogP contribution in [0.4, 0.5) is 30.2 Å². The second-order valence-corrected chi connectivity index (χ2v) is 8.36. The number of aliphatic hydroxyl groups is 1. The lowest BCUT2D eigenvalue weighted by Gasteiger charge is -2.46. The maximum Gasteiger partial charge on any atom is 0.256 e. The minimum atomic E-state index is -1.29. The van der Waals surface area contributed by atoms with Gasteiger partial charge in [-0.15, -0.1) is 0 Å². The standard InChI is InChI=1S/C25H24F3N3O3/c1-15-6-9-21(20(27)10-15)30-23-18(7-8-19(26)22(23)28)24(32)31-13-25(33,14-31)12-29-16-4-3-5-17(11-16)34-2/h3-11,29-30,33H,12-14H2,1-2H3. The van der Waals surface area contributed by atoms with Gasteiger partial charge in [0.2, 0.25) is 0 Å². The molecule has 3 N–H and O–H groups in total. The quantitative estimate of drug-likeness (QED) is 0.475. The number of hydrogen-bond donors (Lipinski definition) is 3. The summed E-state index contributed by atoms with van der Waals surface area (Å²) >= 11 is 0. The molecule has 178 valence electrons. The van der Waals surface area contributed by atoms with Crippen molar-refractivity contribution in [2.24, 2.45) is 0 Å². The van der Waals surface area contributed by atoms with Gasteiger partial charge in [-0.05, 0) is 48.9 Å². The molecule has 0 unspecified atom stereocenters. The van der Waals surface area contributed by atoms with Crippen LogP contribution in [0.3, 0.4) is 0 Å². The van der Waals surface area contributed by atoms with Crippen molar-refractivity contribution >= 4 is 23.0 Å². The Kier molecular flexibility index (Phi) is 6.39. The number of nitrogens with one attached hydrogen (secondary N) is 2. The van der Waals surface area contributed by atoms with Gasteiger partial charge in [-0.2, -0.15) is 0 Å². The predicted octanol–water partition coefficient (Wildman–Crippen LogP) is 4.46. The van der Waals surface area contributed by atoms with Crippen LogP contribution in [0.2, 0.25) is 0 Å². The van der Waals surface area contributed by atoms with E-state index in [1.165, 1.54) is 17.0 Å². The molecule has 1 fully saturated rings. The van der Waals surface area contributed by atoms with E-state index in [0.717, 1.165) is 17.8 Å². The van der Waals surface area contributed by atoms with E-state index < -0.39 is 34.6 Å². The summed E-state index contributed by atoms with van der Waals surface area (Å²) in [4.78, 5) is 14.4.